The summed E-state index contributed by atoms with van der Waals surface area (Å²) in [7, 11) is 0. The number of amides is 1. The summed E-state index contributed by atoms with van der Waals surface area (Å²) < 4.78 is 0.370. The van der Waals surface area contributed by atoms with Crippen molar-refractivity contribution >= 4 is 21.8 Å². The Hall–Kier alpha value is -0.0500. The van der Waals surface area contributed by atoms with Crippen LogP contribution in [-0.2, 0) is 4.79 Å². The first kappa shape index (κ1) is 13.9. The molecule has 3 heteroatoms. The van der Waals surface area contributed by atoms with Crippen molar-refractivity contribution in [1.82, 2.24) is 5.32 Å². The predicted octanol–water partition coefficient (Wildman–Crippen LogP) is 3.88. The van der Waals surface area contributed by atoms with Crippen molar-refractivity contribution in [3.63, 3.8) is 0 Å². The molecule has 4 saturated carbocycles. The first-order chi connectivity index (χ1) is 8.88. The second-order valence-electron chi connectivity index (χ2n) is 7.99. The van der Waals surface area contributed by atoms with Crippen LogP contribution in [0.25, 0.3) is 0 Å². The van der Waals surface area contributed by atoms with E-state index < -0.39 is 0 Å². The minimum absolute atomic E-state index is 0.284. The number of halogens is 1. The highest BCUT2D eigenvalue weighted by molar-refractivity contribution is 9.10. The van der Waals surface area contributed by atoms with Gasteiger partial charge in [0.15, 0.2) is 0 Å². The summed E-state index contributed by atoms with van der Waals surface area (Å²) in [5, 5.41) is 3.12. The zero-order valence-corrected chi connectivity index (χ0v) is 13.8. The van der Waals surface area contributed by atoms with Crippen LogP contribution in [0.1, 0.15) is 58.8 Å². The molecule has 0 spiro atoms. The van der Waals surface area contributed by atoms with Crippen LogP contribution in [0.4, 0.5) is 0 Å². The van der Waals surface area contributed by atoms with E-state index in [-0.39, 0.29) is 5.91 Å². The highest BCUT2D eigenvalue weighted by Gasteiger charge is 2.57. The number of hydrogen-bond donors (Lipinski definition) is 1. The van der Waals surface area contributed by atoms with Gasteiger partial charge in [0.05, 0.1) is 0 Å². The van der Waals surface area contributed by atoms with E-state index in [1.165, 1.54) is 38.5 Å². The molecule has 4 bridgehead atoms. The fourth-order valence-electron chi connectivity index (χ4n) is 5.26. The van der Waals surface area contributed by atoms with Crippen LogP contribution in [0.2, 0.25) is 0 Å². The van der Waals surface area contributed by atoms with Crippen molar-refractivity contribution in [2.45, 2.75) is 63.1 Å². The van der Waals surface area contributed by atoms with E-state index in [1.54, 1.807) is 0 Å². The van der Waals surface area contributed by atoms with Gasteiger partial charge in [0.2, 0.25) is 5.91 Å². The average Bonchev–Trinajstić information content (AvgIpc) is 2.21. The molecular formula is C16H26BrNO. The lowest BCUT2D eigenvalue weighted by atomic mass is 9.48. The van der Waals surface area contributed by atoms with E-state index in [0.29, 0.717) is 15.7 Å². The molecule has 2 nitrogen and oxygen atoms in total. The lowest BCUT2D eigenvalue weighted by Gasteiger charge is -2.60. The molecule has 19 heavy (non-hydrogen) atoms. The maximum Gasteiger partial charge on any atom is 0.220 e. The molecule has 2 atom stereocenters. The molecule has 4 fully saturated rings. The van der Waals surface area contributed by atoms with Crippen molar-refractivity contribution in [1.29, 1.82) is 0 Å². The van der Waals surface area contributed by atoms with Crippen LogP contribution < -0.4 is 5.32 Å². The fourth-order valence-corrected chi connectivity index (χ4v) is 6.77. The number of hydrogen-bond acceptors (Lipinski definition) is 1. The topological polar surface area (TPSA) is 29.1 Å². The van der Waals surface area contributed by atoms with Gasteiger partial charge in [-0.1, -0.05) is 29.8 Å². The summed E-state index contributed by atoms with van der Waals surface area (Å²) in [6.45, 7) is 5.12. The van der Waals surface area contributed by atoms with Crippen LogP contribution in [0.5, 0.6) is 0 Å². The molecule has 0 aromatic rings. The molecule has 4 rings (SSSR count). The Morgan fingerprint density at radius 3 is 2.42 bits per heavy atom. The maximum absolute atomic E-state index is 12.2. The highest BCUT2D eigenvalue weighted by atomic mass is 79.9. The van der Waals surface area contributed by atoms with Gasteiger partial charge < -0.3 is 5.32 Å². The Bertz CT molecular complexity index is 365. The van der Waals surface area contributed by atoms with E-state index in [1.807, 2.05) is 0 Å². The summed E-state index contributed by atoms with van der Waals surface area (Å²) in [6, 6.07) is 0. The second kappa shape index (κ2) is 4.75. The third-order valence-corrected chi connectivity index (χ3v) is 6.28. The molecule has 0 saturated heterocycles. The third-order valence-electron chi connectivity index (χ3n) is 5.35. The van der Waals surface area contributed by atoms with Crippen molar-refractivity contribution in [3.05, 3.63) is 0 Å². The summed E-state index contributed by atoms with van der Waals surface area (Å²) in [5.74, 6) is 2.58. The molecule has 0 aromatic heterocycles. The summed E-state index contributed by atoms with van der Waals surface area (Å²) in [5.41, 5.74) is 0.314. The van der Waals surface area contributed by atoms with E-state index in [2.05, 4.69) is 35.1 Å². The van der Waals surface area contributed by atoms with E-state index >= 15 is 0 Å². The molecule has 108 valence electrons. The van der Waals surface area contributed by atoms with Gasteiger partial charge in [0.25, 0.3) is 0 Å². The summed E-state index contributed by atoms with van der Waals surface area (Å²) in [4.78, 5) is 12.2. The Labute approximate surface area is 125 Å². The number of carbonyl (C=O) groups excluding carboxylic acids is 1. The summed E-state index contributed by atoms with van der Waals surface area (Å²) in [6.07, 6.45) is 8.69. The van der Waals surface area contributed by atoms with Gasteiger partial charge in [0, 0.05) is 17.3 Å². The zero-order chi connectivity index (χ0) is 13.7. The first-order valence-corrected chi connectivity index (χ1v) is 8.63. The minimum atomic E-state index is 0.284. The predicted molar refractivity (Wildman–Crippen MR) is 81.2 cm³/mol. The smallest absolute Gasteiger partial charge is 0.220 e. The maximum atomic E-state index is 12.2. The van der Waals surface area contributed by atoms with Gasteiger partial charge in [0.1, 0.15) is 0 Å². The lowest BCUT2D eigenvalue weighted by Crippen LogP contribution is -2.54. The minimum Gasteiger partial charge on any atom is -0.356 e. The molecule has 0 heterocycles. The van der Waals surface area contributed by atoms with Crippen LogP contribution in [0, 0.1) is 23.2 Å². The van der Waals surface area contributed by atoms with Gasteiger partial charge in [-0.15, -0.1) is 0 Å². The standard InChI is InChI=1S/C16H26BrNO/c1-11(2)9-18-14(19)8-15-4-12-3-13(5-15)7-16(17,6-12)10-15/h11-13H,3-10H2,1-2H3,(H,18,19). The van der Waals surface area contributed by atoms with Crippen LogP contribution in [-0.4, -0.2) is 16.8 Å². The Morgan fingerprint density at radius 1 is 1.26 bits per heavy atom. The second-order valence-corrected chi connectivity index (χ2v) is 9.67. The van der Waals surface area contributed by atoms with Crippen LogP contribution in [0.15, 0.2) is 0 Å². The molecule has 0 radical (unpaired) electrons. The Balaban J connectivity index is 1.65. The average molecular weight is 328 g/mol. The van der Waals surface area contributed by atoms with Gasteiger partial charge >= 0.3 is 0 Å². The molecule has 4 aliphatic carbocycles. The van der Waals surface area contributed by atoms with E-state index in [9.17, 15) is 4.79 Å². The van der Waals surface area contributed by atoms with Crippen molar-refractivity contribution < 1.29 is 4.79 Å². The van der Waals surface area contributed by atoms with Gasteiger partial charge in [-0.05, 0) is 61.7 Å². The molecule has 0 aromatic carbocycles. The molecule has 0 aliphatic heterocycles. The van der Waals surface area contributed by atoms with Crippen molar-refractivity contribution in [2.24, 2.45) is 23.2 Å². The number of carbonyl (C=O) groups is 1. The molecule has 1 amide bonds. The van der Waals surface area contributed by atoms with Gasteiger partial charge in [-0.25, -0.2) is 0 Å². The number of alkyl halides is 1. The molecule has 1 N–H and O–H groups in total. The highest BCUT2D eigenvalue weighted by Crippen LogP contribution is 2.65. The monoisotopic (exact) mass is 327 g/mol. The van der Waals surface area contributed by atoms with Crippen molar-refractivity contribution in [2.75, 3.05) is 6.54 Å². The largest absolute Gasteiger partial charge is 0.356 e. The van der Waals surface area contributed by atoms with Gasteiger partial charge in [-0.3, -0.25) is 4.79 Å². The summed E-state index contributed by atoms with van der Waals surface area (Å²) >= 11 is 4.01. The fraction of sp³-hybridized carbons (Fsp3) is 0.938. The third kappa shape index (κ3) is 2.86. The molecule has 2 unspecified atom stereocenters. The van der Waals surface area contributed by atoms with Crippen LogP contribution in [0.3, 0.4) is 0 Å². The normalized spacial score (nSPS) is 43.8. The SMILES string of the molecule is CC(C)CNC(=O)CC12CC3CC(CC(Br)(C3)C1)C2. The van der Waals surface area contributed by atoms with E-state index in [4.69, 9.17) is 0 Å². The Kier molecular flexibility index (Phi) is 3.48. The molecular weight excluding hydrogens is 302 g/mol. The quantitative estimate of drug-likeness (QED) is 0.780. The van der Waals surface area contributed by atoms with Crippen LogP contribution >= 0.6 is 15.9 Å². The molecule has 4 aliphatic rings. The number of rotatable bonds is 4. The van der Waals surface area contributed by atoms with Gasteiger partial charge in [-0.2, -0.15) is 0 Å². The van der Waals surface area contributed by atoms with Crippen molar-refractivity contribution in [3.8, 4) is 0 Å². The Morgan fingerprint density at radius 2 is 1.89 bits per heavy atom. The van der Waals surface area contributed by atoms with E-state index in [0.717, 1.165) is 24.8 Å². The first-order valence-electron chi connectivity index (χ1n) is 7.84. The zero-order valence-electron chi connectivity index (χ0n) is 12.2. The lowest BCUT2D eigenvalue weighted by molar-refractivity contribution is -0.128. The number of nitrogens with one attached hydrogen (secondary N) is 1.